The van der Waals surface area contributed by atoms with Gasteiger partial charge in [-0.25, -0.2) is 9.97 Å². The van der Waals surface area contributed by atoms with Gasteiger partial charge >= 0.3 is 0 Å². The molecule has 1 rings (SSSR count). The molecule has 90 valence electrons. The van der Waals surface area contributed by atoms with Gasteiger partial charge in [0.05, 0.1) is 0 Å². The van der Waals surface area contributed by atoms with Gasteiger partial charge in [-0.05, 0) is 19.3 Å². The first-order valence-electron chi connectivity index (χ1n) is 6.04. The summed E-state index contributed by atoms with van der Waals surface area (Å²) in [6, 6.07) is 0.491. The molecular formula is C12H22N4. The van der Waals surface area contributed by atoms with E-state index in [1.54, 1.807) is 6.33 Å². The summed E-state index contributed by atoms with van der Waals surface area (Å²) in [7, 11) is 1.89. The third-order valence-corrected chi connectivity index (χ3v) is 2.86. The zero-order valence-electron chi connectivity index (χ0n) is 10.7. The van der Waals surface area contributed by atoms with Crippen LogP contribution in [0.4, 0.5) is 11.6 Å². The van der Waals surface area contributed by atoms with E-state index in [1.807, 2.05) is 7.05 Å². The van der Waals surface area contributed by atoms with Gasteiger partial charge in [0, 0.05) is 18.7 Å². The quantitative estimate of drug-likeness (QED) is 0.777. The second-order valence-electron chi connectivity index (χ2n) is 3.81. The van der Waals surface area contributed by atoms with Gasteiger partial charge in [-0.15, -0.1) is 0 Å². The minimum Gasteiger partial charge on any atom is -0.373 e. The number of anilines is 2. The van der Waals surface area contributed by atoms with Crippen LogP contribution in [0, 0.1) is 0 Å². The van der Waals surface area contributed by atoms with E-state index in [2.05, 4.69) is 41.4 Å². The fourth-order valence-corrected chi connectivity index (χ4v) is 1.77. The van der Waals surface area contributed by atoms with Gasteiger partial charge in [0.15, 0.2) is 0 Å². The summed E-state index contributed by atoms with van der Waals surface area (Å²) in [5.74, 6) is 1.89. The Morgan fingerprint density at radius 2 is 1.75 bits per heavy atom. The van der Waals surface area contributed by atoms with Gasteiger partial charge in [0.25, 0.3) is 0 Å². The third kappa shape index (κ3) is 2.84. The van der Waals surface area contributed by atoms with Crippen molar-refractivity contribution in [3.63, 3.8) is 0 Å². The van der Waals surface area contributed by atoms with Gasteiger partial charge in [0.1, 0.15) is 18.0 Å². The predicted molar refractivity (Wildman–Crippen MR) is 68.9 cm³/mol. The number of nitrogens with zero attached hydrogens (tertiary/aromatic N) is 2. The lowest BCUT2D eigenvalue weighted by Crippen LogP contribution is -2.19. The average Bonchev–Trinajstić information content (AvgIpc) is 2.35. The van der Waals surface area contributed by atoms with Crippen molar-refractivity contribution in [3.05, 3.63) is 11.9 Å². The van der Waals surface area contributed by atoms with Crippen molar-refractivity contribution in [2.24, 2.45) is 0 Å². The van der Waals surface area contributed by atoms with E-state index in [0.29, 0.717) is 6.04 Å². The lowest BCUT2D eigenvalue weighted by atomic mass is 10.1. The molecule has 0 bridgehead atoms. The van der Waals surface area contributed by atoms with Crippen LogP contribution in [0.25, 0.3) is 0 Å². The molecule has 0 amide bonds. The second kappa shape index (κ2) is 6.30. The highest BCUT2D eigenvalue weighted by Crippen LogP contribution is 2.21. The topological polar surface area (TPSA) is 49.8 Å². The Morgan fingerprint density at radius 1 is 1.12 bits per heavy atom. The van der Waals surface area contributed by atoms with E-state index in [1.165, 1.54) is 0 Å². The van der Waals surface area contributed by atoms with Gasteiger partial charge in [-0.1, -0.05) is 20.8 Å². The van der Waals surface area contributed by atoms with Crippen LogP contribution in [0.2, 0.25) is 0 Å². The summed E-state index contributed by atoms with van der Waals surface area (Å²) >= 11 is 0. The monoisotopic (exact) mass is 222 g/mol. The molecule has 0 aliphatic heterocycles. The molecule has 0 spiro atoms. The largest absolute Gasteiger partial charge is 0.373 e. The summed E-state index contributed by atoms with van der Waals surface area (Å²) in [6.45, 7) is 6.50. The van der Waals surface area contributed by atoms with Crippen molar-refractivity contribution in [2.45, 2.75) is 46.1 Å². The second-order valence-corrected chi connectivity index (χ2v) is 3.81. The predicted octanol–water partition coefficient (Wildman–Crippen LogP) is 2.68. The highest BCUT2D eigenvalue weighted by atomic mass is 15.1. The Kier molecular flexibility index (Phi) is 5.02. The van der Waals surface area contributed by atoms with Crippen LogP contribution in [0.3, 0.4) is 0 Å². The van der Waals surface area contributed by atoms with E-state index in [0.717, 1.165) is 36.5 Å². The summed E-state index contributed by atoms with van der Waals surface area (Å²) in [4.78, 5) is 8.56. The van der Waals surface area contributed by atoms with Gasteiger partial charge < -0.3 is 10.6 Å². The van der Waals surface area contributed by atoms with Crippen LogP contribution < -0.4 is 10.6 Å². The van der Waals surface area contributed by atoms with Crippen LogP contribution >= 0.6 is 0 Å². The number of hydrogen-bond acceptors (Lipinski definition) is 4. The van der Waals surface area contributed by atoms with E-state index in [9.17, 15) is 0 Å². The summed E-state index contributed by atoms with van der Waals surface area (Å²) in [6.07, 6.45) is 4.76. The van der Waals surface area contributed by atoms with Crippen molar-refractivity contribution in [1.82, 2.24) is 9.97 Å². The molecule has 1 aromatic rings. The summed E-state index contributed by atoms with van der Waals surface area (Å²) < 4.78 is 0. The van der Waals surface area contributed by atoms with Crippen LogP contribution in [0.1, 0.15) is 39.2 Å². The van der Waals surface area contributed by atoms with Crippen molar-refractivity contribution in [3.8, 4) is 0 Å². The zero-order chi connectivity index (χ0) is 12.0. The molecule has 0 radical (unpaired) electrons. The van der Waals surface area contributed by atoms with Gasteiger partial charge in [-0.3, -0.25) is 0 Å². The van der Waals surface area contributed by atoms with E-state index < -0.39 is 0 Å². The van der Waals surface area contributed by atoms with E-state index in [4.69, 9.17) is 0 Å². The van der Waals surface area contributed by atoms with Crippen molar-refractivity contribution >= 4 is 11.6 Å². The highest BCUT2D eigenvalue weighted by Gasteiger charge is 2.11. The zero-order valence-corrected chi connectivity index (χ0v) is 10.7. The fourth-order valence-electron chi connectivity index (χ4n) is 1.77. The van der Waals surface area contributed by atoms with Crippen LogP contribution in [-0.4, -0.2) is 23.1 Å². The smallest absolute Gasteiger partial charge is 0.134 e. The average molecular weight is 222 g/mol. The highest BCUT2D eigenvalue weighted by molar-refractivity contribution is 5.57. The summed E-state index contributed by atoms with van der Waals surface area (Å²) in [5.41, 5.74) is 1.16. The maximum absolute atomic E-state index is 4.33. The standard InChI is InChI=1S/C12H22N4/c1-5-9(6-2)16-12-10(7-3)11(13-4)14-8-15-12/h8-9H,5-7H2,1-4H3,(H2,13,14,15,16). The maximum atomic E-state index is 4.33. The Bertz CT molecular complexity index is 321. The lowest BCUT2D eigenvalue weighted by Gasteiger charge is -2.18. The molecular weight excluding hydrogens is 200 g/mol. The molecule has 0 fully saturated rings. The number of rotatable bonds is 6. The molecule has 0 saturated heterocycles. The molecule has 1 heterocycles. The number of nitrogens with one attached hydrogen (secondary N) is 2. The number of aromatic nitrogens is 2. The molecule has 0 atom stereocenters. The van der Waals surface area contributed by atoms with Crippen molar-refractivity contribution in [2.75, 3.05) is 17.7 Å². The molecule has 1 aromatic heterocycles. The fraction of sp³-hybridized carbons (Fsp3) is 0.667. The lowest BCUT2D eigenvalue weighted by molar-refractivity contribution is 0.666. The first-order valence-corrected chi connectivity index (χ1v) is 6.04. The molecule has 0 aliphatic rings. The minimum atomic E-state index is 0.491. The molecule has 0 saturated carbocycles. The molecule has 0 unspecified atom stereocenters. The van der Waals surface area contributed by atoms with Crippen molar-refractivity contribution in [1.29, 1.82) is 0 Å². The van der Waals surface area contributed by atoms with Crippen LogP contribution in [0.5, 0.6) is 0 Å². The Balaban J connectivity index is 2.94. The maximum Gasteiger partial charge on any atom is 0.134 e. The van der Waals surface area contributed by atoms with Gasteiger partial charge in [-0.2, -0.15) is 0 Å². The minimum absolute atomic E-state index is 0.491. The normalized spacial score (nSPS) is 10.6. The van der Waals surface area contributed by atoms with E-state index in [-0.39, 0.29) is 0 Å². The van der Waals surface area contributed by atoms with Crippen molar-refractivity contribution < 1.29 is 0 Å². The number of hydrogen-bond donors (Lipinski definition) is 2. The molecule has 0 aliphatic carbocycles. The summed E-state index contributed by atoms with van der Waals surface area (Å²) in [5, 5.41) is 6.59. The molecule has 2 N–H and O–H groups in total. The third-order valence-electron chi connectivity index (χ3n) is 2.86. The SMILES string of the molecule is CCc1c(NC)ncnc1NC(CC)CC. The molecule has 16 heavy (non-hydrogen) atoms. The molecule has 4 heteroatoms. The first-order chi connectivity index (χ1) is 7.76. The Labute approximate surface area is 97.9 Å². The van der Waals surface area contributed by atoms with Gasteiger partial charge in [0.2, 0.25) is 0 Å². The van der Waals surface area contributed by atoms with Crippen LogP contribution in [-0.2, 0) is 6.42 Å². The molecule has 0 aromatic carbocycles. The Hall–Kier alpha value is -1.32. The van der Waals surface area contributed by atoms with E-state index >= 15 is 0 Å². The van der Waals surface area contributed by atoms with Crippen LogP contribution in [0.15, 0.2) is 6.33 Å². The Morgan fingerprint density at radius 3 is 2.25 bits per heavy atom. The first kappa shape index (κ1) is 12.7. The molecule has 4 nitrogen and oxygen atoms in total.